The fourth-order valence-electron chi connectivity index (χ4n) is 4.59. The van der Waals surface area contributed by atoms with Crippen molar-refractivity contribution in [3.05, 3.63) is 66.0 Å². The van der Waals surface area contributed by atoms with Gasteiger partial charge in [-0.05, 0) is 63.0 Å². The lowest BCUT2D eigenvalue weighted by molar-refractivity contribution is -0.138. The summed E-state index contributed by atoms with van der Waals surface area (Å²) in [6, 6.07) is 16.3. The van der Waals surface area contributed by atoms with Crippen molar-refractivity contribution in [2.75, 3.05) is 26.2 Å². The Morgan fingerprint density at radius 3 is 2.30 bits per heavy atom. The van der Waals surface area contributed by atoms with E-state index in [1.54, 1.807) is 6.20 Å². The molecule has 0 bridgehead atoms. The number of likely N-dealkylation sites (tertiary alicyclic amines) is 2. The zero-order chi connectivity index (χ0) is 19.4. The second kappa shape index (κ2) is 11.1. The minimum absolute atomic E-state index is 0. The summed E-state index contributed by atoms with van der Waals surface area (Å²) in [5, 5.41) is 0. The van der Waals surface area contributed by atoms with E-state index in [-0.39, 0.29) is 36.3 Å². The zero-order valence-corrected chi connectivity index (χ0v) is 18.9. The van der Waals surface area contributed by atoms with Gasteiger partial charge in [-0.1, -0.05) is 36.4 Å². The third kappa shape index (κ3) is 5.52. The molecule has 1 aromatic carbocycles. The van der Waals surface area contributed by atoms with Crippen LogP contribution in [0, 0.1) is 5.41 Å². The number of pyridine rings is 1. The van der Waals surface area contributed by atoms with E-state index in [2.05, 4.69) is 22.0 Å². The SMILES string of the molecule is Cl.Cl.N[C@@H](CCN1CCC2(CC1)CCN(Cc1ccccn1)C2=O)c1ccccc1. The lowest BCUT2D eigenvalue weighted by Crippen LogP contribution is -2.45. The third-order valence-corrected chi connectivity index (χ3v) is 6.48. The fraction of sp³-hybridized carbons (Fsp3) is 0.478. The molecule has 0 aliphatic carbocycles. The highest BCUT2D eigenvalue weighted by Crippen LogP contribution is 2.42. The van der Waals surface area contributed by atoms with Crippen LogP contribution in [0.4, 0.5) is 0 Å². The lowest BCUT2D eigenvalue weighted by Gasteiger charge is -2.38. The number of hydrogen-bond donors (Lipinski definition) is 1. The molecule has 2 aliphatic heterocycles. The molecule has 3 heterocycles. The van der Waals surface area contributed by atoms with Gasteiger partial charge in [-0.3, -0.25) is 9.78 Å². The Labute approximate surface area is 191 Å². The van der Waals surface area contributed by atoms with Crippen molar-refractivity contribution in [3.8, 4) is 0 Å². The predicted molar refractivity (Wildman–Crippen MR) is 125 cm³/mol. The van der Waals surface area contributed by atoms with Gasteiger partial charge in [0.2, 0.25) is 5.91 Å². The van der Waals surface area contributed by atoms with Gasteiger partial charge in [-0.15, -0.1) is 24.8 Å². The van der Waals surface area contributed by atoms with Gasteiger partial charge in [0.25, 0.3) is 0 Å². The first kappa shape index (κ1) is 24.6. The number of hydrogen-bond acceptors (Lipinski definition) is 4. The Balaban J connectivity index is 0.00000160. The molecule has 5 nitrogen and oxygen atoms in total. The second-order valence-electron chi connectivity index (χ2n) is 8.23. The fourth-order valence-corrected chi connectivity index (χ4v) is 4.59. The molecule has 0 radical (unpaired) electrons. The van der Waals surface area contributed by atoms with E-state index >= 15 is 0 Å². The molecule has 1 atom stereocenters. The van der Waals surface area contributed by atoms with Gasteiger partial charge < -0.3 is 15.5 Å². The number of benzene rings is 1. The summed E-state index contributed by atoms with van der Waals surface area (Å²) >= 11 is 0. The lowest BCUT2D eigenvalue weighted by atomic mass is 9.77. The van der Waals surface area contributed by atoms with Gasteiger partial charge in [-0.2, -0.15) is 0 Å². The van der Waals surface area contributed by atoms with Crippen LogP contribution in [0.5, 0.6) is 0 Å². The van der Waals surface area contributed by atoms with Crippen LogP contribution in [-0.4, -0.2) is 46.9 Å². The Bertz CT molecular complexity index is 782. The first-order chi connectivity index (χ1) is 13.7. The van der Waals surface area contributed by atoms with E-state index in [1.165, 1.54) is 5.56 Å². The first-order valence-corrected chi connectivity index (χ1v) is 10.4. The molecular weight excluding hydrogens is 419 g/mol. The standard InChI is InChI=1S/C23H30N4O.2ClH/c24-21(19-6-2-1-3-7-19)9-14-26-15-10-23(11-16-26)12-17-27(22(23)28)18-20-8-4-5-13-25-20;;/h1-8,13,21H,9-12,14-18,24H2;2*1H/t21-;;/m0../s1. The highest BCUT2D eigenvalue weighted by atomic mass is 35.5. The molecule has 2 N–H and O–H groups in total. The van der Waals surface area contributed by atoms with Crippen LogP contribution in [0.2, 0.25) is 0 Å². The summed E-state index contributed by atoms with van der Waals surface area (Å²) in [6.07, 6.45) is 5.66. The van der Waals surface area contributed by atoms with Crippen molar-refractivity contribution in [2.24, 2.45) is 11.1 Å². The normalized spacial score (nSPS) is 19.2. The molecule has 2 saturated heterocycles. The maximum atomic E-state index is 13.1. The molecule has 1 spiro atoms. The van der Waals surface area contributed by atoms with E-state index in [0.29, 0.717) is 12.5 Å². The van der Waals surface area contributed by atoms with E-state index in [1.807, 2.05) is 41.3 Å². The van der Waals surface area contributed by atoms with Gasteiger partial charge in [0, 0.05) is 18.8 Å². The highest BCUT2D eigenvalue weighted by Gasteiger charge is 2.47. The molecule has 1 aromatic heterocycles. The number of rotatable bonds is 6. The maximum absolute atomic E-state index is 13.1. The highest BCUT2D eigenvalue weighted by molar-refractivity contribution is 5.86. The average molecular weight is 451 g/mol. The van der Waals surface area contributed by atoms with Gasteiger partial charge in [0.15, 0.2) is 0 Å². The number of piperidine rings is 1. The summed E-state index contributed by atoms with van der Waals surface area (Å²) < 4.78 is 0. The molecule has 0 unspecified atom stereocenters. The Hall–Kier alpha value is -1.66. The number of nitrogens with two attached hydrogens (primary N) is 1. The van der Waals surface area contributed by atoms with Gasteiger partial charge in [0.1, 0.15) is 0 Å². The van der Waals surface area contributed by atoms with E-state index in [4.69, 9.17) is 5.73 Å². The maximum Gasteiger partial charge on any atom is 0.229 e. The van der Waals surface area contributed by atoms with E-state index in [9.17, 15) is 4.79 Å². The Morgan fingerprint density at radius 2 is 1.63 bits per heavy atom. The second-order valence-corrected chi connectivity index (χ2v) is 8.23. The summed E-state index contributed by atoms with van der Waals surface area (Å²) in [7, 11) is 0. The topological polar surface area (TPSA) is 62.5 Å². The molecule has 2 fully saturated rings. The van der Waals surface area contributed by atoms with Gasteiger partial charge >= 0.3 is 0 Å². The number of carbonyl (C=O) groups excluding carboxylic acids is 1. The minimum Gasteiger partial charge on any atom is -0.336 e. The zero-order valence-electron chi connectivity index (χ0n) is 17.3. The summed E-state index contributed by atoms with van der Waals surface area (Å²) in [5.74, 6) is 0.332. The summed E-state index contributed by atoms with van der Waals surface area (Å²) in [5.41, 5.74) is 8.38. The minimum atomic E-state index is -0.146. The Morgan fingerprint density at radius 1 is 0.967 bits per heavy atom. The van der Waals surface area contributed by atoms with Crippen LogP contribution < -0.4 is 5.73 Å². The predicted octanol–water partition coefficient (Wildman–Crippen LogP) is 3.83. The number of carbonyl (C=O) groups is 1. The van der Waals surface area contributed by atoms with Crippen molar-refractivity contribution < 1.29 is 4.79 Å². The Kier molecular flexibility index (Phi) is 9.10. The van der Waals surface area contributed by atoms with Crippen molar-refractivity contribution in [1.82, 2.24) is 14.8 Å². The molecular formula is C23H32Cl2N4O. The molecule has 2 aliphatic rings. The molecule has 7 heteroatoms. The van der Waals surface area contributed by atoms with Crippen LogP contribution in [0.15, 0.2) is 54.7 Å². The number of aromatic nitrogens is 1. The van der Waals surface area contributed by atoms with Gasteiger partial charge in [0.05, 0.1) is 17.7 Å². The number of amides is 1. The van der Waals surface area contributed by atoms with Crippen LogP contribution in [0.25, 0.3) is 0 Å². The molecule has 1 amide bonds. The monoisotopic (exact) mass is 450 g/mol. The van der Waals surface area contributed by atoms with E-state index in [0.717, 1.165) is 57.6 Å². The van der Waals surface area contributed by atoms with Crippen LogP contribution in [0.3, 0.4) is 0 Å². The van der Waals surface area contributed by atoms with Crippen molar-refractivity contribution in [2.45, 2.75) is 38.3 Å². The van der Waals surface area contributed by atoms with Crippen LogP contribution in [-0.2, 0) is 11.3 Å². The quantitative estimate of drug-likeness (QED) is 0.725. The molecule has 164 valence electrons. The van der Waals surface area contributed by atoms with Gasteiger partial charge in [-0.25, -0.2) is 0 Å². The number of nitrogens with zero attached hydrogens (tertiary/aromatic N) is 3. The van der Waals surface area contributed by atoms with Crippen LogP contribution in [0.1, 0.15) is 43.0 Å². The summed E-state index contributed by atoms with van der Waals surface area (Å²) in [4.78, 5) is 22.0. The van der Waals surface area contributed by atoms with Crippen molar-refractivity contribution >= 4 is 30.7 Å². The first-order valence-electron chi connectivity index (χ1n) is 10.4. The molecule has 0 saturated carbocycles. The average Bonchev–Trinajstić information content (AvgIpc) is 3.04. The molecule has 4 rings (SSSR count). The number of halogens is 2. The van der Waals surface area contributed by atoms with Crippen molar-refractivity contribution in [3.63, 3.8) is 0 Å². The summed E-state index contributed by atoms with van der Waals surface area (Å²) in [6.45, 7) is 4.47. The van der Waals surface area contributed by atoms with E-state index < -0.39 is 0 Å². The molecule has 30 heavy (non-hydrogen) atoms. The third-order valence-electron chi connectivity index (χ3n) is 6.48. The largest absolute Gasteiger partial charge is 0.336 e. The molecule has 2 aromatic rings. The smallest absolute Gasteiger partial charge is 0.229 e. The van der Waals surface area contributed by atoms with Crippen molar-refractivity contribution in [1.29, 1.82) is 0 Å². The van der Waals surface area contributed by atoms with Crippen LogP contribution >= 0.6 is 24.8 Å².